The topological polar surface area (TPSA) is 75.6 Å². The third kappa shape index (κ3) is 21.7. The third-order valence-corrected chi connectivity index (χ3v) is 2.55. The van der Waals surface area contributed by atoms with Gasteiger partial charge in [-0.25, -0.2) is 0 Å². The first-order chi connectivity index (χ1) is 11.3. The van der Waals surface area contributed by atoms with Crippen LogP contribution in [0, 0.1) is 5.92 Å². The molecule has 0 heterocycles. The highest BCUT2D eigenvalue weighted by atomic mass is 16.6. The minimum Gasteiger partial charge on any atom is -0.394 e. The summed E-state index contributed by atoms with van der Waals surface area (Å²) in [4.78, 5) is 0. The Morgan fingerprint density at radius 1 is 0.522 bits per heavy atom. The van der Waals surface area contributed by atoms with Crippen LogP contribution in [0.25, 0.3) is 0 Å². The predicted octanol–water partition coefficient (Wildman–Crippen LogP) is 0.734. The van der Waals surface area contributed by atoms with Crippen molar-refractivity contribution < 1.29 is 33.5 Å². The maximum Gasteiger partial charge on any atom is 0.0701 e. The van der Waals surface area contributed by atoms with Crippen LogP contribution in [0.5, 0.6) is 0 Å². The molecule has 0 fully saturated rings. The zero-order chi connectivity index (χ0) is 17.0. The molecule has 0 bridgehead atoms. The Hall–Kier alpha value is -0.280. The van der Waals surface area contributed by atoms with Crippen molar-refractivity contribution in [1.82, 2.24) is 0 Å². The smallest absolute Gasteiger partial charge is 0.0701 e. The molecule has 0 rings (SSSR count). The molecule has 0 saturated carbocycles. The van der Waals surface area contributed by atoms with E-state index in [0.29, 0.717) is 78.6 Å². The molecule has 7 nitrogen and oxygen atoms in total. The molecule has 0 radical (unpaired) electrons. The molecule has 0 spiro atoms. The van der Waals surface area contributed by atoms with E-state index in [-0.39, 0.29) is 6.61 Å². The maximum absolute atomic E-state index is 8.50. The molecule has 7 heteroatoms. The van der Waals surface area contributed by atoms with E-state index in [1.165, 1.54) is 0 Å². The summed E-state index contributed by atoms with van der Waals surface area (Å²) in [5.41, 5.74) is 0. The van der Waals surface area contributed by atoms with Crippen molar-refractivity contribution in [3.05, 3.63) is 0 Å². The van der Waals surface area contributed by atoms with Crippen LogP contribution in [-0.2, 0) is 28.4 Å². The second kappa shape index (κ2) is 19.8. The van der Waals surface area contributed by atoms with Crippen LogP contribution in [0.4, 0.5) is 0 Å². The standard InChI is InChI=1S/C16H34O7/c1-16(2)15-23-14-13-22-12-11-21-10-9-20-8-7-19-6-5-18-4-3-17/h16-17H,3-15H2,1-2H3. The molecule has 0 saturated heterocycles. The molecule has 0 aliphatic heterocycles. The van der Waals surface area contributed by atoms with Crippen LogP contribution in [0.3, 0.4) is 0 Å². The molecule has 0 aromatic heterocycles. The van der Waals surface area contributed by atoms with E-state index in [1.807, 2.05) is 0 Å². The molecule has 0 atom stereocenters. The SMILES string of the molecule is CC(C)COCCOCCOCCOCCOCCOCCO. The average molecular weight is 338 g/mol. The van der Waals surface area contributed by atoms with Crippen molar-refractivity contribution in [2.75, 3.05) is 85.9 Å². The van der Waals surface area contributed by atoms with Gasteiger partial charge in [0.05, 0.1) is 79.3 Å². The van der Waals surface area contributed by atoms with Crippen LogP contribution < -0.4 is 0 Å². The van der Waals surface area contributed by atoms with Gasteiger partial charge >= 0.3 is 0 Å². The number of rotatable bonds is 19. The zero-order valence-electron chi connectivity index (χ0n) is 14.7. The van der Waals surface area contributed by atoms with Gasteiger partial charge in [-0.3, -0.25) is 0 Å². The molecule has 0 aromatic rings. The highest BCUT2D eigenvalue weighted by Gasteiger charge is 1.95. The summed E-state index contributed by atoms with van der Waals surface area (Å²) >= 11 is 0. The summed E-state index contributed by atoms with van der Waals surface area (Å²) in [7, 11) is 0. The first kappa shape index (κ1) is 22.7. The van der Waals surface area contributed by atoms with Crippen LogP contribution in [-0.4, -0.2) is 91.0 Å². The van der Waals surface area contributed by atoms with Gasteiger partial charge in [0.2, 0.25) is 0 Å². The van der Waals surface area contributed by atoms with E-state index in [2.05, 4.69) is 13.8 Å². The maximum atomic E-state index is 8.50. The van der Waals surface area contributed by atoms with Crippen LogP contribution in [0.15, 0.2) is 0 Å². The average Bonchev–Trinajstić information content (AvgIpc) is 2.53. The molecular formula is C16H34O7. The van der Waals surface area contributed by atoms with Crippen molar-refractivity contribution in [2.24, 2.45) is 5.92 Å². The van der Waals surface area contributed by atoms with E-state index in [4.69, 9.17) is 33.5 Å². The first-order valence-electron chi connectivity index (χ1n) is 8.34. The van der Waals surface area contributed by atoms with Gasteiger partial charge in [0.1, 0.15) is 0 Å². The summed E-state index contributed by atoms with van der Waals surface area (Å²) in [6.07, 6.45) is 0. The highest BCUT2D eigenvalue weighted by Crippen LogP contribution is 1.91. The Morgan fingerprint density at radius 2 is 0.826 bits per heavy atom. The summed E-state index contributed by atoms with van der Waals surface area (Å²) in [6, 6.07) is 0. The molecule has 23 heavy (non-hydrogen) atoms. The highest BCUT2D eigenvalue weighted by molar-refractivity contribution is 4.40. The Morgan fingerprint density at radius 3 is 1.13 bits per heavy atom. The molecular weight excluding hydrogens is 304 g/mol. The van der Waals surface area contributed by atoms with Crippen molar-refractivity contribution in [3.63, 3.8) is 0 Å². The Balaban J connectivity index is 2.95. The van der Waals surface area contributed by atoms with Crippen molar-refractivity contribution in [1.29, 1.82) is 0 Å². The van der Waals surface area contributed by atoms with E-state index in [0.717, 1.165) is 6.61 Å². The second-order valence-corrected chi connectivity index (χ2v) is 5.25. The third-order valence-electron chi connectivity index (χ3n) is 2.55. The van der Waals surface area contributed by atoms with E-state index in [1.54, 1.807) is 0 Å². The van der Waals surface area contributed by atoms with E-state index in [9.17, 15) is 0 Å². The van der Waals surface area contributed by atoms with Gasteiger partial charge < -0.3 is 33.5 Å². The van der Waals surface area contributed by atoms with Gasteiger partial charge in [-0.1, -0.05) is 13.8 Å². The fourth-order valence-electron chi connectivity index (χ4n) is 1.48. The number of hydrogen-bond donors (Lipinski definition) is 1. The molecule has 1 N–H and O–H groups in total. The second-order valence-electron chi connectivity index (χ2n) is 5.25. The molecule has 0 unspecified atom stereocenters. The Bertz CT molecular complexity index is 215. The Kier molecular flexibility index (Phi) is 19.5. The van der Waals surface area contributed by atoms with Crippen molar-refractivity contribution >= 4 is 0 Å². The molecule has 0 aliphatic carbocycles. The van der Waals surface area contributed by atoms with Gasteiger partial charge in [0.25, 0.3) is 0 Å². The minimum absolute atomic E-state index is 0.0417. The zero-order valence-corrected chi connectivity index (χ0v) is 14.7. The number of hydrogen-bond acceptors (Lipinski definition) is 7. The van der Waals surface area contributed by atoms with Gasteiger partial charge in [-0.05, 0) is 5.92 Å². The van der Waals surface area contributed by atoms with E-state index < -0.39 is 0 Å². The first-order valence-corrected chi connectivity index (χ1v) is 8.34. The lowest BCUT2D eigenvalue weighted by Gasteiger charge is -2.08. The van der Waals surface area contributed by atoms with Crippen molar-refractivity contribution in [3.8, 4) is 0 Å². The van der Waals surface area contributed by atoms with Crippen LogP contribution >= 0.6 is 0 Å². The lowest BCUT2D eigenvalue weighted by atomic mass is 10.2. The lowest BCUT2D eigenvalue weighted by Crippen LogP contribution is -2.14. The van der Waals surface area contributed by atoms with Crippen LogP contribution in [0.1, 0.15) is 13.8 Å². The van der Waals surface area contributed by atoms with Gasteiger partial charge in [-0.15, -0.1) is 0 Å². The number of aliphatic hydroxyl groups is 1. The van der Waals surface area contributed by atoms with Gasteiger partial charge in [-0.2, -0.15) is 0 Å². The predicted molar refractivity (Wildman–Crippen MR) is 86.8 cm³/mol. The monoisotopic (exact) mass is 338 g/mol. The minimum atomic E-state index is 0.0417. The molecule has 0 amide bonds. The van der Waals surface area contributed by atoms with Crippen molar-refractivity contribution in [2.45, 2.75) is 13.8 Å². The summed E-state index contributed by atoms with van der Waals surface area (Å²) in [5.74, 6) is 0.559. The van der Waals surface area contributed by atoms with Gasteiger partial charge in [0.15, 0.2) is 0 Å². The van der Waals surface area contributed by atoms with Crippen LogP contribution in [0.2, 0.25) is 0 Å². The normalized spacial score (nSPS) is 11.5. The molecule has 0 aromatic carbocycles. The number of aliphatic hydroxyl groups excluding tert-OH is 1. The molecule has 0 aliphatic rings. The number of ether oxygens (including phenoxy) is 6. The molecule has 140 valence electrons. The summed E-state index contributed by atoms with van der Waals surface area (Å²) in [6.45, 7) is 10.9. The summed E-state index contributed by atoms with van der Waals surface area (Å²) in [5, 5.41) is 8.50. The fraction of sp³-hybridized carbons (Fsp3) is 1.00. The fourth-order valence-corrected chi connectivity index (χ4v) is 1.48. The largest absolute Gasteiger partial charge is 0.394 e. The summed E-state index contributed by atoms with van der Waals surface area (Å²) < 4.78 is 31.8. The lowest BCUT2D eigenvalue weighted by molar-refractivity contribution is -0.0191. The Labute approximate surface area is 140 Å². The van der Waals surface area contributed by atoms with E-state index >= 15 is 0 Å². The van der Waals surface area contributed by atoms with Gasteiger partial charge in [0, 0.05) is 6.61 Å². The quantitative estimate of drug-likeness (QED) is 0.348.